The highest BCUT2D eigenvalue weighted by molar-refractivity contribution is 14.0. The Labute approximate surface area is 182 Å². The largest absolute Gasteiger partial charge is 0.351 e. The second kappa shape index (κ2) is 9.35. The van der Waals surface area contributed by atoms with E-state index in [2.05, 4.69) is 25.8 Å². The van der Waals surface area contributed by atoms with E-state index in [4.69, 9.17) is 4.52 Å². The third-order valence-electron chi connectivity index (χ3n) is 4.28. The van der Waals surface area contributed by atoms with E-state index in [-0.39, 0.29) is 41.3 Å². The number of guanidine groups is 1. The second-order valence-corrected chi connectivity index (χ2v) is 7.58. The lowest BCUT2D eigenvalue weighted by atomic mass is 9.97. The zero-order valence-corrected chi connectivity index (χ0v) is 18.9. The average Bonchev–Trinajstić information content (AvgIpc) is 3.26. The third-order valence-corrected chi connectivity index (χ3v) is 4.28. The maximum absolute atomic E-state index is 12.3. The summed E-state index contributed by atoms with van der Waals surface area (Å²) in [5.41, 5.74) is 0.729. The van der Waals surface area contributed by atoms with E-state index in [0.29, 0.717) is 37.2 Å². The molecule has 152 valence electrons. The van der Waals surface area contributed by atoms with Gasteiger partial charge in [0.05, 0.1) is 12.6 Å². The van der Waals surface area contributed by atoms with Crippen LogP contribution in [0.1, 0.15) is 38.9 Å². The number of halogens is 1. The number of rotatable bonds is 4. The molecule has 1 fully saturated rings. The molecule has 2 N–H and O–H groups in total. The molecule has 0 aliphatic carbocycles. The summed E-state index contributed by atoms with van der Waals surface area (Å²) in [5, 5.41) is 10.5. The van der Waals surface area contributed by atoms with Crippen LogP contribution in [0.5, 0.6) is 0 Å². The van der Waals surface area contributed by atoms with Crippen LogP contribution in [-0.2, 0) is 16.8 Å². The Hall–Kier alpha value is -2.17. The minimum Gasteiger partial charge on any atom is -0.351 e. The number of carbonyl (C=O) groups is 1. The van der Waals surface area contributed by atoms with Gasteiger partial charge in [0.15, 0.2) is 11.8 Å². The topological polar surface area (TPSA) is 95.6 Å². The number of anilines is 1. The van der Waals surface area contributed by atoms with Gasteiger partial charge >= 0.3 is 0 Å². The molecule has 1 atom stereocenters. The fourth-order valence-electron chi connectivity index (χ4n) is 2.84. The Kier molecular flexibility index (Phi) is 7.39. The van der Waals surface area contributed by atoms with E-state index in [1.165, 1.54) is 0 Å². The third kappa shape index (κ3) is 5.43. The molecule has 0 bridgehead atoms. The number of hydrogen-bond acceptors (Lipinski definition) is 5. The molecule has 1 aromatic heterocycles. The smallest absolute Gasteiger partial charge is 0.232 e. The van der Waals surface area contributed by atoms with Crippen molar-refractivity contribution in [2.45, 2.75) is 45.2 Å². The first-order valence-corrected chi connectivity index (χ1v) is 9.02. The molecule has 1 unspecified atom stereocenters. The number of para-hydroxylation sites is 1. The molecule has 1 amide bonds. The van der Waals surface area contributed by atoms with Gasteiger partial charge in [-0.2, -0.15) is 4.98 Å². The lowest BCUT2D eigenvalue weighted by molar-refractivity contribution is -0.117. The van der Waals surface area contributed by atoms with Crippen molar-refractivity contribution < 1.29 is 9.32 Å². The molecule has 0 saturated carbocycles. The van der Waals surface area contributed by atoms with Crippen LogP contribution in [0, 0.1) is 0 Å². The summed E-state index contributed by atoms with van der Waals surface area (Å²) < 4.78 is 5.29. The van der Waals surface area contributed by atoms with Crippen LogP contribution in [-0.4, -0.2) is 41.6 Å². The Morgan fingerprint density at radius 1 is 1.32 bits per heavy atom. The molecule has 0 radical (unpaired) electrons. The molecule has 1 aliphatic heterocycles. The van der Waals surface area contributed by atoms with Crippen molar-refractivity contribution in [1.82, 2.24) is 20.8 Å². The Balaban J connectivity index is 0.00000280. The van der Waals surface area contributed by atoms with Crippen molar-refractivity contribution >= 4 is 41.5 Å². The number of aromatic nitrogens is 2. The minimum atomic E-state index is -0.184. The van der Waals surface area contributed by atoms with E-state index in [1.54, 1.807) is 11.9 Å². The highest BCUT2D eigenvalue weighted by Gasteiger charge is 2.31. The molecule has 2 heterocycles. The predicted octanol–water partition coefficient (Wildman–Crippen LogP) is 2.46. The van der Waals surface area contributed by atoms with Gasteiger partial charge < -0.3 is 20.1 Å². The van der Waals surface area contributed by atoms with Crippen LogP contribution < -0.4 is 15.5 Å². The van der Waals surface area contributed by atoms with Crippen LogP contribution in [0.15, 0.2) is 39.8 Å². The lowest BCUT2D eigenvalue weighted by Crippen LogP contribution is -2.44. The van der Waals surface area contributed by atoms with Crippen molar-refractivity contribution in [1.29, 1.82) is 0 Å². The first kappa shape index (κ1) is 22.1. The van der Waals surface area contributed by atoms with Crippen molar-refractivity contribution in [3.05, 3.63) is 42.0 Å². The van der Waals surface area contributed by atoms with Crippen LogP contribution in [0.2, 0.25) is 0 Å². The molecule has 8 nitrogen and oxygen atoms in total. The van der Waals surface area contributed by atoms with Crippen LogP contribution in [0.25, 0.3) is 0 Å². The maximum atomic E-state index is 12.3. The van der Waals surface area contributed by atoms with Crippen LogP contribution >= 0.6 is 24.0 Å². The fraction of sp³-hybridized carbons (Fsp3) is 0.474. The van der Waals surface area contributed by atoms with E-state index in [0.717, 1.165) is 5.69 Å². The summed E-state index contributed by atoms with van der Waals surface area (Å²) >= 11 is 0. The van der Waals surface area contributed by atoms with Gasteiger partial charge in [-0.3, -0.25) is 9.79 Å². The Morgan fingerprint density at radius 3 is 2.64 bits per heavy atom. The zero-order valence-electron chi connectivity index (χ0n) is 16.6. The van der Waals surface area contributed by atoms with Crippen molar-refractivity contribution in [3.63, 3.8) is 0 Å². The molecule has 1 saturated heterocycles. The summed E-state index contributed by atoms with van der Waals surface area (Å²) in [7, 11) is 1.69. The van der Waals surface area contributed by atoms with Gasteiger partial charge in [-0.1, -0.05) is 44.1 Å². The van der Waals surface area contributed by atoms with Crippen molar-refractivity contribution in [2.75, 3.05) is 18.5 Å². The predicted molar refractivity (Wildman–Crippen MR) is 119 cm³/mol. The monoisotopic (exact) mass is 498 g/mol. The summed E-state index contributed by atoms with van der Waals surface area (Å²) in [5.74, 6) is 1.87. The number of carbonyl (C=O) groups excluding carboxylic acids is 1. The number of amides is 1. The summed E-state index contributed by atoms with van der Waals surface area (Å²) in [4.78, 5) is 22.7. The van der Waals surface area contributed by atoms with Gasteiger partial charge in [0.25, 0.3) is 0 Å². The van der Waals surface area contributed by atoms with Gasteiger partial charge in [-0.05, 0) is 12.1 Å². The van der Waals surface area contributed by atoms with Gasteiger partial charge in [0, 0.05) is 31.1 Å². The Bertz CT molecular complexity index is 815. The SMILES string of the molecule is CN=C(NCc1noc(C(C)(C)C)n1)NC1CC(=O)N(c2ccccc2)C1.I. The van der Waals surface area contributed by atoms with E-state index >= 15 is 0 Å². The highest BCUT2D eigenvalue weighted by Crippen LogP contribution is 2.21. The van der Waals surface area contributed by atoms with Gasteiger partial charge in [-0.25, -0.2) is 0 Å². The lowest BCUT2D eigenvalue weighted by Gasteiger charge is -2.18. The molecular weight excluding hydrogens is 471 g/mol. The minimum absolute atomic E-state index is 0. The zero-order chi connectivity index (χ0) is 19.4. The standard InChI is InChI=1S/C19H26N6O2.HI/c1-19(2,3)17-23-15(24-27-17)11-21-18(20-4)22-13-10-16(26)25(12-13)14-8-6-5-7-9-14;/h5-9,13H,10-12H2,1-4H3,(H2,20,21,22);1H. The number of nitrogens with one attached hydrogen (secondary N) is 2. The van der Waals surface area contributed by atoms with E-state index in [9.17, 15) is 4.79 Å². The van der Waals surface area contributed by atoms with Crippen LogP contribution in [0.4, 0.5) is 5.69 Å². The van der Waals surface area contributed by atoms with Gasteiger partial charge in [0.2, 0.25) is 11.8 Å². The quantitative estimate of drug-likeness (QED) is 0.382. The Morgan fingerprint density at radius 2 is 2.04 bits per heavy atom. The first-order valence-electron chi connectivity index (χ1n) is 9.02. The number of benzene rings is 1. The molecular formula is C19H27IN6O2. The number of aliphatic imine (C=N–C) groups is 1. The first-order chi connectivity index (χ1) is 12.9. The molecule has 2 aromatic rings. The molecule has 9 heteroatoms. The fourth-order valence-corrected chi connectivity index (χ4v) is 2.84. The van der Waals surface area contributed by atoms with E-state index < -0.39 is 0 Å². The summed E-state index contributed by atoms with van der Waals surface area (Å²) in [6.07, 6.45) is 0.423. The second-order valence-electron chi connectivity index (χ2n) is 7.58. The van der Waals surface area contributed by atoms with Crippen molar-refractivity contribution in [2.24, 2.45) is 4.99 Å². The maximum Gasteiger partial charge on any atom is 0.232 e. The number of nitrogens with zero attached hydrogens (tertiary/aromatic N) is 4. The van der Waals surface area contributed by atoms with Gasteiger partial charge in [0.1, 0.15) is 0 Å². The summed E-state index contributed by atoms with van der Waals surface area (Å²) in [6, 6.07) is 9.67. The molecule has 1 aromatic carbocycles. The van der Waals surface area contributed by atoms with Crippen molar-refractivity contribution in [3.8, 4) is 0 Å². The van der Waals surface area contributed by atoms with Gasteiger partial charge in [-0.15, -0.1) is 24.0 Å². The highest BCUT2D eigenvalue weighted by atomic mass is 127. The van der Waals surface area contributed by atoms with Crippen LogP contribution in [0.3, 0.4) is 0 Å². The molecule has 28 heavy (non-hydrogen) atoms. The van der Waals surface area contributed by atoms with E-state index in [1.807, 2.05) is 51.1 Å². The molecule has 3 rings (SSSR count). The normalized spacial score (nSPS) is 17.4. The molecule has 1 aliphatic rings. The number of hydrogen-bond donors (Lipinski definition) is 2. The summed E-state index contributed by atoms with van der Waals surface area (Å²) in [6.45, 7) is 7.05. The molecule has 0 spiro atoms. The average molecular weight is 498 g/mol.